The molecular formula is C42H37BN2. The van der Waals surface area contributed by atoms with Gasteiger partial charge < -0.3 is 9.80 Å². The molecule has 0 fully saturated rings. The molecule has 0 N–H and O–H groups in total. The van der Waals surface area contributed by atoms with E-state index < -0.39 is 0 Å². The minimum atomic E-state index is 0.121. The van der Waals surface area contributed by atoms with Gasteiger partial charge in [-0.25, -0.2) is 0 Å². The van der Waals surface area contributed by atoms with Gasteiger partial charge in [-0.15, -0.1) is 0 Å². The van der Waals surface area contributed by atoms with Crippen LogP contribution >= 0.6 is 0 Å². The van der Waals surface area contributed by atoms with Gasteiger partial charge in [0.15, 0.2) is 0 Å². The number of fused-ring (bicyclic) bond motifs is 4. The monoisotopic (exact) mass is 580 g/mol. The van der Waals surface area contributed by atoms with E-state index in [0.29, 0.717) is 0 Å². The molecule has 8 rings (SSSR count). The van der Waals surface area contributed by atoms with Gasteiger partial charge in [-0.3, -0.25) is 0 Å². The van der Waals surface area contributed by atoms with Crippen LogP contribution in [0.4, 0.5) is 34.1 Å². The van der Waals surface area contributed by atoms with Crippen LogP contribution in [0.2, 0.25) is 0 Å². The van der Waals surface area contributed by atoms with Crippen LogP contribution in [0.15, 0.2) is 115 Å². The molecule has 0 saturated heterocycles. The van der Waals surface area contributed by atoms with Gasteiger partial charge in [0, 0.05) is 34.1 Å². The van der Waals surface area contributed by atoms with Crippen molar-refractivity contribution in [3.63, 3.8) is 0 Å². The fraction of sp³-hybridized carbons (Fsp3) is 0.143. The van der Waals surface area contributed by atoms with Crippen LogP contribution in [0, 0.1) is 41.5 Å². The molecule has 2 aliphatic rings. The molecule has 2 nitrogen and oxygen atoms in total. The number of anilines is 6. The van der Waals surface area contributed by atoms with E-state index in [2.05, 4.69) is 167 Å². The lowest BCUT2D eigenvalue weighted by Crippen LogP contribution is -2.62. The van der Waals surface area contributed by atoms with Crippen LogP contribution in [-0.2, 0) is 0 Å². The Balaban J connectivity index is 1.54. The molecule has 0 amide bonds. The highest BCUT2D eigenvalue weighted by Crippen LogP contribution is 2.46. The van der Waals surface area contributed by atoms with Gasteiger partial charge in [0.1, 0.15) is 0 Å². The second-order valence-corrected chi connectivity index (χ2v) is 13.2. The maximum atomic E-state index is 2.55. The molecule has 0 aromatic heterocycles. The van der Waals surface area contributed by atoms with Gasteiger partial charge in [-0.1, -0.05) is 72.3 Å². The predicted molar refractivity (Wildman–Crippen MR) is 194 cm³/mol. The van der Waals surface area contributed by atoms with E-state index in [-0.39, 0.29) is 6.71 Å². The average Bonchev–Trinajstić information content (AvgIpc) is 3.00. The molecule has 3 heteroatoms. The maximum absolute atomic E-state index is 2.55. The smallest absolute Gasteiger partial charge is 0.252 e. The third kappa shape index (κ3) is 4.41. The van der Waals surface area contributed by atoms with E-state index >= 15 is 0 Å². The third-order valence-electron chi connectivity index (χ3n) is 9.47. The highest BCUT2D eigenvalue weighted by Gasteiger charge is 2.44. The van der Waals surface area contributed by atoms with E-state index in [1.165, 1.54) is 95.0 Å². The van der Waals surface area contributed by atoms with Crippen molar-refractivity contribution in [2.45, 2.75) is 41.5 Å². The van der Waals surface area contributed by atoms with Gasteiger partial charge in [-0.2, -0.15) is 0 Å². The summed E-state index contributed by atoms with van der Waals surface area (Å²) < 4.78 is 0. The van der Waals surface area contributed by atoms with Crippen molar-refractivity contribution < 1.29 is 0 Å². The summed E-state index contributed by atoms with van der Waals surface area (Å²) in [5.41, 5.74) is 21.7. The Kier molecular flexibility index (Phi) is 6.29. The Morgan fingerprint density at radius 1 is 0.400 bits per heavy atom. The molecule has 2 heterocycles. The molecule has 0 aliphatic carbocycles. The molecule has 0 radical (unpaired) electrons. The highest BCUT2D eigenvalue weighted by atomic mass is 15.2. The van der Waals surface area contributed by atoms with Crippen molar-refractivity contribution in [3.8, 4) is 11.1 Å². The minimum absolute atomic E-state index is 0.121. The first kappa shape index (κ1) is 27.5. The summed E-state index contributed by atoms with van der Waals surface area (Å²) >= 11 is 0. The Labute approximate surface area is 267 Å². The highest BCUT2D eigenvalue weighted by molar-refractivity contribution is 7.00. The Morgan fingerprint density at radius 3 is 1.49 bits per heavy atom. The second kappa shape index (κ2) is 10.3. The summed E-state index contributed by atoms with van der Waals surface area (Å²) in [4.78, 5) is 5.07. The molecule has 0 spiro atoms. The topological polar surface area (TPSA) is 6.48 Å². The lowest BCUT2D eigenvalue weighted by molar-refractivity contribution is 1.22. The van der Waals surface area contributed by atoms with E-state index in [1.54, 1.807) is 0 Å². The van der Waals surface area contributed by atoms with Crippen molar-refractivity contribution in [1.29, 1.82) is 0 Å². The zero-order valence-electron chi connectivity index (χ0n) is 26.9. The average molecular weight is 581 g/mol. The van der Waals surface area contributed by atoms with Crippen LogP contribution in [0.1, 0.15) is 33.4 Å². The lowest BCUT2D eigenvalue weighted by Gasteiger charge is -2.45. The zero-order valence-corrected chi connectivity index (χ0v) is 26.9. The summed E-state index contributed by atoms with van der Waals surface area (Å²) in [5.74, 6) is 0. The number of benzene rings is 6. The summed E-state index contributed by atoms with van der Waals surface area (Å²) in [6.07, 6.45) is 0. The van der Waals surface area contributed by atoms with E-state index in [0.717, 1.165) is 0 Å². The SMILES string of the molecule is Cc1cc(C)cc(N2c3ccccc3B3c4c(C)cc(C)cc4N(c4cc(C)cc(C)c4)c4cc(-c5ccccc5)cc2c43)c1. The minimum Gasteiger partial charge on any atom is -0.311 e. The summed E-state index contributed by atoms with van der Waals surface area (Å²) in [7, 11) is 0. The largest absolute Gasteiger partial charge is 0.311 e. The van der Waals surface area contributed by atoms with Crippen LogP contribution in [0.5, 0.6) is 0 Å². The van der Waals surface area contributed by atoms with Gasteiger partial charge in [0.2, 0.25) is 0 Å². The Morgan fingerprint density at radius 2 is 0.889 bits per heavy atom. The first-order valence-corrected chi connectivity index (χ1v) is 16.0. The quantitative estimate of drug-likeness (QED) is 0.192. The molecule has 218 valence electrons. The fourth-order valence-electron chi connectivity index (χ4n) is 7.97. The van der Waals surface area contributed by atoms with Gasteiger partial charge in [0.25, 0.3) is 6.71 Å². The van der Waals surface area contributed by atoms with Gasteiger partial charge in [-0.05, 0) is 145 Å². The fourth-order valence-corrected chi connectivity index (χ4v) is 7.97. The molecule has 0 atom stereocenters. The molecule has 6 aromatic carbocycles. The Bertz CT molecular complexity index is 2110. The summed E-state index contributed by atoms with van der Waals surface area (Å²) in [5, 5.41) is 0. The van der Waals surface area contributed by atoms with Gasteiger partial charge >= 0.3 is 0 Å². The predicted octanol–water partition coefficient (Wildman–Crippen LogP) is 9.29. The van der Waals surface area contributed by atoms with Crippen LogP contribution in [0.25, 0.3) is 11.1 Å². The van der Waals surface area contributed by atoms with Gasteiger partial charge in [0.05, 0.1) is 0 Å². The molecule has 0 unspecified atom stereocenters. The number of hydrogen-bond donors (Lipinski definition) is 0. The van der Waals surface area contributed by atoms with Crippen LogP contribution in [0.3, 0.4) is 0 Å². The standard InChI is InChI=1S/C42H37BN2/c1-26-16-27(2)20-34(19-26)44-37-15-11-10-14-36(37)43-41-31(6)18-30(5)23-38(41)45(35-21-28(3)17-29(4)22-35)40-25-33(24-39(44)42(40)43)32-12-8-7-9-13-32/h7-25H,1-6H3. The number of para-hydroxylation sites is 1. The first-order chi connectivity index (χ1) is 21.8. The van der Waals surface area contributed by atoms with Crippen molar-refractivity contribution in [2.24, 2.45) is 0 Å². The van der Waals surface area contributed by atoms with E-state index in [4.69, 9.17) is 0 Å². The van der Waals surface area contributed by atoms with Crippen molar-refractivity contribution in [2.75, 3.05) is 9.80 Å². The Hall–Kier alpha value is -5.02. The van der Waals surface area contributed by atoms with E-state index in [1.807, 2.05) is 0 Å². The molecule has 0 bridgehead atoms. The number of nitrogens with zero attached hydrogens (tertiary/aromatic N) is 2. The number of aryl methyl sites for hydroxylation is 6. The number of rotatable bonds is 3. The van der Waals surface area contributed by atoms with Crippen molar-refractivity contribution in [3.05, 3.63) is 149 Å². The molecular weight excluding hydrogens is 543 g/mol. The zero-order chi connectivity index (χ0) is 31.0. The molecule has 2 aliphatic heterocycles. The van der Waals surface area contributed by atoms with Crippen LogP contribution < -0.4 is 26.2 Å². The molecule has 45 heavy (non-hydrogen) atoms. The second-order valence-electron chi connectivity index (χ2n) is 13.2. The molecule has 6 aromatic rings. The number of hydrogen-bond acceptors (Lipinski definition) is 2. The van der Waals surface area contributed by atoms with Crippen molar-refractivity contribution in [1.82, 2.24) is 0 Å². The van der Waals surface area contributed by atoms with Crippen molar-refractivity contribution >= 4 is 57.2 Å². The van der Waals surface area contributed by atoms with Crippen LogP contribution in [-0.4, -0.2) is 6.71 Å². The lowest BCUT2D eigenvalue weighted by atomic mass is 9.32. The summed E-state index contributed by atoms with van der Waals surface area (Å²) in [6.45, 7) is 13.5. The molecule has 0 saturated carbocycles. The van der Waals surface area contributed by atoms with E-state index in [9.17, 15) is 0 Å². The third-order valence-corrected chi connectivity index (χ3v) is 9.47. The maximum Gasteiger partial charge on any atom is 0.252 e. The normalized spacial score (nSPS) is 13.0. The first-order valence-electron chi connectivity index (χ1n) is 16.0. The summed E-state index contributed by atoms with van der Waals surface area (Å²) in [6, 6.07) is 43.4.